The molecule has 17 heteroatoms. The van der Waals surface area contributed by atoms with Crippen LogP contribution in [0.1, 0.15) is 11.1 Å². The molecule has 0 radical (unpaired) electrons. The summed E-state index contributed by atoms with van der Waals surface area (Å²) >= 11 is 0. The lowest BCUT2D eigenvalue weighted by Gasteiger charge is -2.30. The van der Waals surface area contributed by atoms with E-state index in [1.807, 2.05) is 0 Å². The molecule has 0 aliphatic heterocycles. The van der Waals surface area contributed by atoms with E-state index >= 15 is 0 Å². The van der Waals surface area contributed by atoms with Crippen LogP contribution < -0.4 is 14.4 Å². The fourth-order valence-corrected chi connectivity index (χ4v) is 3.52. The highest BCUT2D eigenvalue weighted by atomic mass is 19.4. The highest BCUT2D eigenvalue weighted by Crippen LogP contribution is 2.51. The summed E-state index contributed by atoms with van der Waals surface area (Å²) < 4.78 is 168. The minimum absolute atomic E-state index is 0.172. The minimum atomic E-state index is -6.62. The van der Waals surface area contributed by atoms with Gasteiger partial charge in [0.1, 0.15) is 5.75 Å². The van der Waals surface area contributed by atoms with Crippen molar-refractivity contribution in [1.29, 1.82) is 0 Å². The molecule has 42 heavy (non-hydrogen) atoms. The molecule has 0 saturated carbocycles. The van der Waals surface area contributed by atoms with Gasteiger partial charge in [0, 0.05) is 36.1 Å². The van der Waals surface area contributed by atoms with Crippen molar-refractivity contribution in [3.8, 4) is 17.2 Å². The van der Waals surface area contributed by atoms with Crippen LogP contribution in [0.15, 0.2) is 67.0 Å². The van der Waals surface area contributed by atoms with Crippen LogP contribution in [-0.4, -0.2) is 47.6 Å². The molecule has 0 spiro atoms. The summed E-state index contributed by atoms with van der Waals surface area (Å²) in [6, 6.07) is 8.06. The van der Waals surface area contributed by atoms with Crippen molar-refractivity contribution in [2.75, 3.05) is 11.4 Å². The number of nitrogens with zero attached hydrogens (tertiary/aromatic N) is 2. The van der Waals surface area contributed by atoms with Gasteiger partial charge in [-0.3, -0.25) is 4.98 Å². The quantitative estimate of drug-likeness (QED) is 0.222. The molecule has 1 unspecified atom stereocenters. The first kappa shape index (κ1) is 32.6. The maximum absolute atomic E-state index is 14.3. The Morgan fingerprint density at radius 3 is 2.12 bits per heavy atom. The SMILES string of the molecule is OC(CN(Cc1cccc(C(F)(F)C(F)(F)C(F)(F)F)c1)c1cccc(Oc2ccncc2OC(F)F)c1)C(F)(F)F. The zero-order chi connectivity index (χ0) is 31.5. The lowest BCUT2D eigenvalue weighted by molar-refractivity contribution is -0.359. The van der Waals surface area contributed by atoms with Gasteiger partial charge in [-0.25, -0.2) is 0 Å². The van der Waals surface area contributed by atoms with E-state index in [-0.39, 0.29) is 23.3 Å². The minimum Gasteiger partial charge on any atom is -0.453 e. The first-order valence-corrected chi connectivity index (χ1v) is 11.4. The van der Waals surface area contributed by atoms with Gasteiger partial charge < -0.3 is 19.5 Å². The molecule has 0 fully saturated rings. The lowest BCUT2D eigenvalue weighted by atomic mass is 9.99. The van der Waals surface area contributed by atoms with Crippen molar-refractivity contribution in [2.24, 2.45) is 0 Å². The average molecular weight is 622 g/mol. The van der Waals surface area contributed by atoms with Crippen LogP contribution in [0.3, 0.4) is 0 Å². The van der Waals surface area contributed by atoms with E-state index in [2.05, 4.69) is 9.72 Å². The first-order valence-electron chi connectivity index (χ1n) is 11.4. The molecule has 0 amide bonds. The molecule has 1 aromatic heterocycles. The lowest BCUT2D eigenvalue weighted by Crippen LogP contribution is -2.50. The number of aliphatic hydroxyl groups is 1. The molecular formula is C25H18F12N2O3. The number of aromatic nitrogens is 1. The van der Waals surface area contributed by atoms with Gasteiger partial charge in [-0.1, -0.05) is 24.3 Å². The summed E-state index contributed by atoms with van der Waals surface area (Å²) in [4.78, 5) is 4.35. The Morgan fingerprint density at radius 2 is 1.50 bits per heavy atom. The van der Waals surface area contributed by atoms with Gasteiger partial charge in [0.15, 0.2) is 17.6 Å². The van der Waals surface area contributed by atoms with Crippen molar-refractivity contribution >= 4 is 5.69 Å². The van der Waals surface area contributed by atoms with Crippen molar-refractivity contribution in [3.05, 3.63) is 78.1 Å². The zero-order valence-electron chi connectivity index (χ0n) is 20.6. The number of rotatable bonds is 11. The molecule has 1 atom stereocenters. The van der Waals surface area contributed by atoms with Crippen LogP contribution in [0.5, 0.6) is 17.2 Å². The maximum Gasteiger partial charge on any atom is 0.460 e. The molecule has 1 heterocycles. The molecular weight excluding hydrogens is 604 g/mol. The van der Waals surface area contributed by atoms with Crippen molar-refractivity contribution < 1.29 is 67.3 Å². The monoisotopic (exact) mass is 622 g/mol. The zero-order valence-corrected chi connectivity index (χ0v) is 20.6. The summed E-state index contributed by atoms with van der Waals surface area (Å²) in [7, 11) is 0. The second-order valence-corrected chi connectivity index (χ2v) is 8.59. The number of hydrogen-bond donors (Lipinski definition) is 1. The Hall–Kier alpha value is -3.89. The van der Waals surface area contributed by atoms with Gasteiger partial charge in [0.2, 0.25) is 0 Å². The Labute approximate surface area is 228 Å². The second kappa shape index (κ2) is 12.1. The summed E-state index contributed by atoms with van der Waals surface area (Å²) in [5.74, 6) is -13.2. The molecule has 3 rings (SSSR count). The summed E-state index contributed by atoms with van der Waals surface area (Å²) in [5.41, 5.74) is -2.37. The van der Waals surface area contributed by atoms with Gasteiger partial charge in [-0.2, -0.15) is 52.7 Å². The number of benzene rings is 2. The standard InChI is InChI=1S/C25H18F12N2O3/c26-21(27)42-19-11-38-8-7-18(19)41-17-6-2-5-16(10-17)39(13-20(40)23(30,31)32)12-14-3-1-4-15(9-14)22(28,29)24(33,34)25(35,36)37/h1-11,20-21,40H,12-13H2. The molecule has 0 saturated heterocycles. The molecule has 3 aromatic rings. The number of pyridine rings is 1. The van der Waals surface area contributed by atoms with E-state index in [1.165, 1.54) is 18.2 Å². The summed E-state index contributed by atoms with van der Waals surface area (Å²) in [6.45, 7) is -5.31. The van der Waals surface area contributed by atoms with E-state index in [0.29, 0.717) is 12.1 Å². The summed E-state index contributed by atoms with van der Waals surface area (Å²) in [6.07, 6.45) is -12.8. The molecule has 0 bridgehead atoms. The third-order valence-corrected chi connectivity index (χ3v) is 5.56. The van der Waals surface area contributed by atoms with E-state index in [0.717, 1.165) is 35.5 Å². The molecule has 0 aliphatic carbocycles. The topological polar surface area (TPSA) is 54.8 Å². The molecule has 5 nitrogen and oxygen atoms in total. The van der Waals surface area contributed by atoms with Crippen LogP contribution in [0.2, 0.25) is 0 Å². The second-order valence-electron chi connectivity index (χ2n) is 8.59. The molecule has 1 N–H and O–H groups in total. The maximum atomic E-state index is 14.3. The van der Waals surface area contributed by atoms with Crippen LogP contribution in [0, 0.1) is 0 Å². The van der Waals surface area contributed by atoms with Crippen LogP contribution >= 0.6 is 0 Å². The number of halogens is 12. The van der Waals surface area contributed by atoms with Gasteiger partial charge in [0.25, 0.3) is 0 Å². The first-order chi connectivity index (χ1) is 19.3. The molecule has 2 aromatic carbocycles. The van der Waals surface area contributed by atoms with E-state index in [9.17, 15) is 57.8 Å². The summed E-state index contributed by atoms with van der Waals surface area (Å²) in [5, 5.41) is 9.66. The highest BCUT2D eigenvalue weighted by Gasteiger charge is 2.73. The fourth-order valence-electron chi connectivity index (χ4n) is 3.52. The Morgan fingerprint density at radius 1 is 0.833 bits per heavy atom. The smallest absolute Gasteiger partial charge is 0.453 e. The largest absolute Gasteiger partial charge is 0.460 e. The Kier molecular flexibility index (Phi) is 9.44. The normalized spacial score (nSPS) is 13.7. The van der Waals surface area contributed by atoms with E-state index in [4.69, 9.17) is 4.74 Å². The van der Waals surface area contributed by atoms with Gasteiger partial charge in [-0.05, 0) is 23.8 Å². The predicted octanol–water partition coefficient (Wildman–Crippen LogP) is 7.69. The third kappa shape index (κ3) is 7.49. The van der Waals surface area contributed by atoms with E-state index < -0.39 is 66.9 Å². The fraction of sp³-hybridized carbons (Fsp3) is 0.320. The van der Waals surface area contributed by atoms with Gasteiger partial charge >= 0.3 is 30.8 Å². The number of aliphatic hydroxyl groups excluding tert-OH is 1. The number of hydrogen-bond acceptors (Lipinski definition) is 5. The highest BCUT2D eigenvalue weighted by molar-refractivity contribution is 5.53. The van der Waals surface area contributed by atoms with Crippen molar-refractivity contribution in [2.45, 2.75) is 43.5 Å². The molecule has 230 valence electrons. The van der Waals surface area contributed by atoms with Crippen LogP contribution in [-0.2, 0) is 12.5 Å². The Balaban J connectivity index is 1.98. The van der Waals surface area contributed by atoms with Crippen molar-refractivity contribution in [3.63, 3.8) is 0 Å². The van der Waals surface area contributed by atoms with Crippen LogP contribution in [0.25, 0.3) is 0 Å². The predicted molar refractivity (Wildman–Crippen MR) is 122 cm³/mol. The van der Waals surface area contributed by atoms with Gasteiger partial charge in [-0.15, -0.1) is 0 Å². The average Bonchev–Trinajstić information content (AvgIpc) is 2.88. The third-order valence-electron chi connectivity index (χ3n) is 5.56. The number of alkyl halides is 12. The Bertz CT molecular complexity index is 1350. The number of ether oxygens (including phenoxy) is 2. The van der Waals surface area contributed by atoms with E-state index in [1.54, 1.807) is 0 Å². The van der Waals surface area contributed by atoms with Crippen LogP contribution in [0.4, 0.5) is 58.4 Å². The molecule has 0 aliphatic rings. The number of anilines is 1. The van der Waals surface area contributed by atoms with Gasteiger partial charge in [0.05, 0.1) is 12.7 Å². The van der Waals surface area contributed by atoms with Crippen molar-refractivity contribution in [1.82, 2.24) is 4.98 Å².